The Morgan fingerprint density at radius 2 is 0.643 bits per heavy atom. The van der Waals surface area contributed by atoms with E-state index in [0.717, 1.165) is 5.56 Å². The van der Waals surface area contributed by atoms with E-state index in [1.807, 2.05) is 42.4 Å². The summed E-state index contributed by atoms with van der Waals surface area (Å²) in [7, 11) is 3.81. The zero-order chi connectivity index (χ0) is 32.6. The summed E-state index contributed by atoms with van der Waals surface area (Å²) in [5.41, 5.74) is 10.3. The Balaban J connectivity index is 0.000000330. The molecule has 0 N–H and O–H groups in total. The zero-order valence-electron chi connectivity index (χ0n) is 28.3. The molecule has 234 valence electrons. The molecule has 3 aromatic carbocycles. The second kappa shape index (κ2) is 13.2. The maximum absolute atomic E-state index is 12.8. The van der Waals surface area contributed by atoms with Gasteiger partial charge in [-0.3, -0.25) is 0 Å². The van der Waals surface area contributed by atoms with Crippen molar-refractivity contribution in [1.29, 1.82) is 0 Å². The average molecular weight is 637 g/mol. The summed E-state index contributed by atoms with van der Waals surface area (Å²) in [6.07, 6.45) is 0. The molecule has 0 bridgehead atoms. The topological polar surface area (TPSA) is 0 Å². The van der Waals surface area contributed by atoms with E-state index >= 15 is 0 Å². The van der Waals surface area contributed by atoms with Gasteiger partial charge < -0.3 is 0 Å². The van der Waals surface area contributed by atoms with E-state index in [-0.39, 0.29) is 16.2 Å². The van der Waals surface area contributed by atoms with Gasteiger partial charge in [0.2, 0.25) is 11.2 Å². The molecule has 3 rings (SSSR count). The molecule has 42 heavy (non-hydrogen) atoms. The fourth-order valence-electron chi connectivity index (χ4n) is 4.86. The molecule has 6 heteroatoms. The van der Waals surface area contributed by atoms with Crippen molar-refractivity contribution in [1.82, 2.24) is 0 Å². The van der Waals surface area contributed by atoms with Crippen LogP contribution in [0.3, 0.4) is 0 Å². The highest BCUT2D eigenvalue weighted by atomic mass is 33.1. The quantitative estimate of drug-likeness (QED) is 0.261. The van der Waals surface area contributed by atoms with Crippen molar-refractivity contribution in [2.24, 2.45) is 0 Å². The van der Waals surface area contributed by atoms with Gasteiger partial charge in [-0.1, -0.05) is 120 Å². The minimum Gasteiger partial charge on any atom is -0.120 e. The lowest BCUT2D eigenvalue weighted by Gasteiger charge is -2.23. The number of rotatable bonds is 4. The molecule has 0 aliphatic carbocycles. The highest BCUT2D eigenvalue weighted by Crippen LogP contribution is 2.63. The van der Waals surface area contributed by atoms with Gasteiger partial charge in [-0.05, 0) is 108 Å². The Morgan fingerprint density at radius 1 is 0.429 bits per heavy atom. The predicted molar refractivity (Wildman–Crippen MR) is 185 cm³/mol. The smallest absolute Gasteiger partial charge is 0.120 e. The molecule has 0 fully saturated rings. The standard InChI is InChI=1S/C24H34S2.C12H17F3S/c1-15-11-19(23(5,6)7)12-16(2)21(15)25-26-22-17(3)13-20(14-18(22)4)24(8,9)10;1-8-6-10(12(3,4)5)7-9(2)11(8)16(13,14)15/h11-14H,1-10H3;6-7H,1-5H3. The summed E-state index contributed by atoms with van der Waals surface area (Å²) in [5.74, 6) is 0. The highest BCUT2D eigenvalue weighted by molar-refractivity contribution is 8.76. The Bertz CT molecular complexity index is 1270. The second-order valence-corrected chi connectivity index (χ2v) is 18.0. The van der Waals surface area contributed by atoms with E-state index in [1.54, 1.807) is 12.1 Å². The van der Waals surface area contributed by atoms with E-state index in [0.29, 0.717) is 11.1 Å². The molecule has 0 saturated heterocycles. The monoisotopic (exact) mass is 636 g/mol. The zero-order valence-corrected chi connectivity index (χ0v) is 30.8. The molecule has 0 heterocycles. The fraction of sp³-hybridized carbons (Fsp3) is 0.500. The van der Waals surface area contributed by atoms with Gasteiger partial charge in [0.1, 0.15) is 0 Å². The van der Waals surface area contributed by atoms with Gasteiger partial charge in [-0.25, -0.2) is 0 Å². The lowest BCUT2D eigenvalue weighted by atomic mass is 9.85. The summed E-state index contributed by atoms with van der Waals surface area (Å²) < 4.78 is 38.5. The van der Waals surface area contributed by atoms with Crippen LogP contribution in [0.5, 0.6) is 0 Å². The SMILES string of the molecule is Cc1cc(C(C)(C)C)cc(C)c1S(F)(F)F.Cc1cc(C(C)(C)C)cc(C)c1SSc1c(C)cc(C(C)(C)C)cc1C. The van der Waals surface area contributed by atoms with Gasteiger partial charge in [0.15, 0.2) is 0 Å². The molecule has 0 aliphatic rings. The lowest BCUT2D eigenvalue weighted by Crippen LogP contribution is -2.12. The van der Waals surface area contributed by atoms with E-state index in [9.17, 15) is 11.7 Å². The first-order valence-corrected chi connectivity index (χ1v) is 17.9. The van der Waals surface area contributed by atoms with E-state index in [1.165, 1.54) is 57.0 Å². The van der Waals surface area contributed by atoms with Crippen LogP contribution in [0, 0.1) is 41.5 Å². The summed E-state index contributed by atoms with van der Waals surface area (Å²) in [6, 6.07) is 12.7. The molecule has 0 amide bonds. The largest absolute Gasteiger partial charge is 0.238 e. The Labute approximate surface area is 264 Å². The van der Waals surface area contributed by atoms with Crippen molar-refractivity contribution >= 4 is 32.8 Å². The molecule has 0 aromatic heterocycles. The molecular formula is C36H51F3S3. The van der Waals surface area contributed by atoms with Crippen molar-refractivity contribution in [3.63, 3.8) is 0 Å². The maximum atomic E-state index is 12.8. The van der Waals surface area contributed by atoms with Crippen LogP contribution in [-0.2, 0) is 16.2 Å². The van der Waals surface area contributed by atoms with Crippen molar-refractivity contribution < 1.29 is 11.7 Å². The minimum absolute atomic E-state index is 0.116. The second-order valence-electron chi connectivity index (χ2n) is 14.6. The Kier molecular flexibility index (Phi) is 11.6. The third-order valence-corrected chi connectivity index (χ3v) is 11.5. The first-order valence-electron chi connectivity index (χ1n) is 14.5. The third-order valence-electron chi connectivity index (χ3n) is 7.42. The van der Waals surface area contributed by atoms with Crippen LogP contribution in [0.25, 0.3) is 0 Å². The third kappa shape index (κ3) is 9.50. The van der Waals surface area contributed by atoms with E-state index in [2.05, 4.69) is 93.5 Å². The first kappa shape index (κ1) is 36.7. The van der Waals surface area contributed by atoms with Crippen LogP contribution in [0.1, 0.15) is 112 Å². The van der Waals surface area contributed by atoms with Crippen molar-refractivity contribution in [3.05, 3.63) is 86.5 Å². The summed E-state index contributed by atoms with van der Waals surface area (Å²) in [6.45, 7) is 31.8. The molecule has 3 aromatic rings. The van der Waals surface area contributed by atoms with Gasteiger partial charge in [0.25, 0.3) is 0 Å². The van der Waals surface area contributed by atoms with E-state index < -0.39 is 16.1 Å². The van der Waals surface area contributed by atoms with Gasteiger partial charge in [-0.15, -0.1) is 11.7 Å². The first-order chi connectivity index (χ1) is 18.8. The van der Waals surface area contributed by atoms with Crippen LogP contribution in [0.2, 0.25) is 0 Å². The normalized spacial score (nSPS) is 13.1. The number of halogens is 3. The summed E-state index contributed by atoms with van der Waals surface area (Å²) >= 11 is -5.13. The Hall–Kier alpha value is -1.50. The van der Waals surface area contributed by atoms with Crippen molar-refractivity contribution in [3.8, 4) is 0 Å². The molecular weight excluding hydrogens is 586 g/mol. The maximum Gasteiger partial charge on any atom is 0.238 e. The Morgan fingerprint density at radius 3 is 0.833 bits per heavy atom. The number of hydrogen-bond donors (Lipinski definition) is 0. The highest BCUT2D eigenvalue weighted by Gasteiger charge is 2.30. The van der Waals surface area contributed by atoms with Crippen LogP contribution in [-0.4, -0.2) is 0 Å². The molecule has 0 unspecified atom stereocenters. The summed E-state index contributed by atoms with van der Waals surface area (Å²) in [5, 5.41) is 0. The fourth-order valence-corrected chi connectivity index (χ4v) is 8.71. The lowest BCUT2D eigenvalue weighted by molar-refractivity contribution is 0.586. The molecule has 0 nitrogen and oxygen atoms in total. The molecule has 0 radical (unpaired) electrons. The van der Waals surface area contributed by atoms with Crippen LogP contribution in [0.15, 0.2) is 51.1 Å². The number of aryl methyl sites for hydroxylation is 6. The van der Waals surface area contributed by atoms with Gasteiger partial charge in [0, 0.05) is 9.79 Å². The minimum atomic E-state index is -5.13. The molecule has 0 atom stereocenters. The van der Waals surface area contributed by atoms with Crippen LogP contribution < -0.4 is 0 Å². The number of hydrogen-bond acceptors (Lipinski definition) is 2. The van der Waals surface area contributed by atoms with Gasteiger partial charge in [0.05, 0.1) is 4.90 Å². The van der Waals surface area contributed by atoms with Crippen LogP contribution in [0.4, 0.5) is 11.7 Å². The van der Waals surface area contributed by atoms with E-state index in [4.69, 9.17) is 0 Å². The number of benzene rings is 3. The van der Waals surface area contributed by atoms with Crippen molar-refractivity contribution in [2.75, 3.05) is 0 Å². The average Bonchev–Trinajstić information content (AvgIpc) is 2.77. The molecule has 0 spiro atoms. The predicted octanol–water partition coefficient (Wildman–Crippen LogP) is 13.7. The molecule has 0 saturated carbocycles. The summed E-state index contributed by atoms with van der Waals surface area (Å²) in [4.78, 5) is 2.39. The van der Waals surface area contributed by atoms with Crippen molar-refractivity contribution in [2.45, 2.75) is 135 Å². The van der Waals surface area contributed by atoms with Gasteiger partial charge >= 0.3 is 0 Å². The van der Waals surface area contributed by atoms with Gasteiger partial charge in [-0.2, -0.15) is 0 Å². The molecule has 0 aliphatic heterocycles. The van der Waals surface area contributed by atoms with Crippen LogP contribution >= 0.6 is 32.8 Å².